The molecule has 1 N–H and O–H groups in total. The van der Waals surface area contributed by atoms with Crippen LogP contribution in [0.15, 0.2) is 42.5 Å². The van der Waals surface area contributed by atoms with Gasteiger partial charge >= 0.3 is 0 Å². The third-order valence-electron chi connectivity index (χ3n) is 2.94. The molecular weight excluding hydrogens is 289 g/mol. The van der Waals surface area contributed by atoms with Gasteiger partial charge in [0.2, 0.25) is 0 Å². The molecule has 0 saturated heterocycles. The van der Waals surface area contributed by atoms with Crippen LogP contribution >= 0.6 is 11.6 Å². The molecule has 0 fully saturated rings. The summed E-state index contributed by atoms with van der Waals surface area (Å²) >= 11 is 5.90. The second-order valence-electron chi connectivity index (χ2n) is 5.29. The number of nitrogens with one attached hydrogen (secondary N) is 1. The van der Waals surface area contributed by atoms with Crippen LogP contribution in [0.25, 0.3) is 0 Å². The maximum Gasteiger partial charge on any atom is 0.142 e. The van der Waals surface area contributed by atoms with Gasteiger partial charge < -0.3 is 10.1 Å². The molecule has 2 aromatic rings. The lowest BCUT2D eigenvalue weighted by molar-refractivity contribution is 0.272. The smallest absolute Gasteiger partial charge is 0.142 e. The van der Waals surface area contributed by atoms with Gasteiger partial charge in [-0.05, 0) is 36.2 Å². The first-order chi connectivity index (χ1) is 10.1. The average Bonchev–Trinajstić information content (AvgIpc) is 2.47. The first-order valence-corrected chi connectivity index (χ1v) is 7.33. The highest BCUT2D eigenvalue weighted by Gasteiger charge is 2.06. The molecule has 2 rings (SSSR count). The molecule has 0 heterocycles. The molecular formula is C17H19ClFNO. The molecule has 21 heavy (non-hydrogen) atoms. The van der Waals surface area contributed by atoms with E-state index < -0.39 is 0 Å². The van der Waals surface area contributed by atoms with Crippen molar-refractivity contribution < 1.29 is 9.13 Å². The molecule has 0 aliphatic heterocycles. The Labute approximate surface area is 129 Å². The SMILES string of the molecule is CC(C)COc1ccccc1NCc1cc(Cl)ccc1F. The van der Waals surface area contributed by atoms with Crippen LogP contribution in [0.3, 0.4) is 0 Å². The van der Waals surface area contributed by atoms with Crippen molar-refractivity contribution in [2.75, 3.05) is 11.9 Å². The average molecular weight is 308 g/mol. The highest BCUT2D eigenvalue weighted by atomic mass is 35.5. The molecule has 0 spiro atoms. The van der Waals surface area contributed by atoms with E-state index >= 15 is 0 Å². The Morgan fingerprint density at radius 3 is 2.71 bits per heavy atom. The van der Waals surface area contributed by atoms with Gasteiger partial charge in [0.05, 0.1) is 12.3 Å². The Kier molecular flexibility index (Phi) is 5.45. The fourth-order valence-electron chi connectivity index (χ4n) is 1.86. The Bertz CT molecular complexity index is 601. The third kappa shape index (κ3) is 4.64. The van der Waals surface area contributed by atoms with Crippen molar-refractivity contribution in [1.29, 1.82) is 0 Å². The first kappa shape index (κ1) is 15.6. The molecule has 0 amide bonds. The van der Waals surface area contributed by atoms with Crippen molar-refractivity contribution in [3.05, 3.63) is 58.9 Å². The second-order valence-corrected chi connectivity index (χ2v) is 5.73. The summed E-state index contributed by atoms with van der Waals surface area (Å²) in [5, 5.41) is 3.72. The molecule has 2 nitrogen and oxygen atoms in total. The van der Waals surface area contributed by atoms with Gasteiger partial charge in [-0.2, -0.15) is 0 Å². The maximum absolute atomic E-state index is 13.7. The molecule has 2 aromatic carbocycles. The van der Waals surface area contributed by atoms with Crippen molar-refractivity contribution in [1.82, 2.24) is 0 Å². The van der Waals surface area contributed by atoms with Crippen LogP contribution in [0.2, 0.25) is 5.02 Å². The maximum atomic E-state index is 13.7. The third-order valence-corrected chi connectivity index (χ3v) is 3.17. The molecule has 0 aliphatic rings. The van der Waals surface area contributed by atoms with E-state index in [1.165, 1.54) is 6.07 Å². The van der Waals surface area contributed by atoms with E-state index in [0.29, 0.717) is 29.7 Å². The lowest BCUT2D eigenvalue weighted by Gasteiger charge is -2.14. The first-order valence-electron chi connectivity index (χ1n) is 6.96. The highest BCUT2D eigenvalue weighted by molar-refractivity contribution is 6.30. The summed E-state index contributed by atoms with van der Waals surface area (Å²) in [4.78, 5) is 0. The topological polar surface area (TPSA) is 21.3 Å². The zero-order valence-electron chi connectivity index (χ0n) is 12.2. The molecule has 0 radical (unpaired) electrons. The molecule has 0 atom stereocenters. The van der Waals surface area contributed by atoms with Crippen molar-refractivity contribution in [2.45, 2.75) is 20.4 Å². The molecule has 0 saturated carbocycles. The number of hydrogen-bond acceptors (Lipinski definition) is 2. The lowest BCUT2D eigenvalue weighted by atomic mass is 10.2. The summed E-state index contributed by atoms with van der Waals surface area (Å²) in [6.07, 6.45) is 0. The fourth-order valence-corrected chi connectivity index (χ4v) is 2.06. The Balaban J connectivity index is 2.07. The molecule has 112 valence electrons. The van der Waals surface area contributed by atoms with E-state index in [1.807, 2.05) is 24.3 Å². The minimum absolute atomic E-state index is 0.271. The number of hydrogen-bond donors (Lipinski definition) is 1. The summed E-state index contributed by atoms with van der Waals surface area (Å²) in [5.41, 5.74) is 1.37. The molecule has 0 unspecified atom stereocenters. The Morgan fingerprint density at radius 1 is 1.19 bits per heavy atom. The van der Waals surface area contributed by atoms with Gasteiger partial charge in [-0.25, -0.2) is 4.39 Å². The van der Waals surface area contributed by atoms with E-state index in [-0.39, 0.29) is 5.82 Å². The molecule has 0 aliphatic carbocycles. The van der Waals surface area contributed by atoms with E-state index in [4.69, 9.17) is 16.3 Å². The summed E-state index contributed by atoms with van der Waals surface area (Å²) in [5.74, 6) is 0.949. The van der Waals surface area contributed by atoms with Crippen LogP contribution in [-0.4, -0.2) is 6.61 Å². The highest BCUT2D eigenvalue weighted by Crippen LogP contribution is 2.25. The Morgan fingerprint density at radius 2 is 1.95 bits per heavy atom. The quantitative estimate of drug-likeness (QED) is 0.799. The zero-order valence-corrected chi connectivity index (χ0v) is 13.0. The van der Waals surface area contributed by atoms with Gasteiger partial charge in [0, 0.05) is 17.1 Å². The fraction of sp³-hybridized carbons (Fsp3) is 0.294. The summed E-state index contributed by atoms with van der Waals surface area (Å²) in [7, 11) is 0. The predicted molar refractivity (Wildman–Crippen MR) is 85.5 cm³/mol. The minimum atomic E-state index is -0.271. The number of ether oxygens (including phenoxy) is 1. The van der Waals surface area contributed by atoms with Crippen LogP contribution in [-0.2, 0) is 6.54 Å². The van der Waals surface area contributed by atoms with Crippen LogP contribution < -0.4 is 10.1 Å². The van der Waals surface area contributed by atoms with Gasteiger partial charge in [0.25, 0.3) is 0 Å². The summed E-state index contributed by atoms with van der Waals surface area (Å²) in [6, 6.07) is 12.2. The molecule has 0 aromatic heterocycles. The number of benzene rings is 2. The lowest BCUT2D eigenvalue weighted by Crippen LogP contribution is -2.08. The van der Waals surface area contributed by atoms with Crippen molar-refractivity contribution in [3.63, 3.8) is 0 Å². The van der Waals surface area contributed by atoms with Gasteiger partial charge in [-0.1, -0.05) is 37.6 Å². The van der Waals surface area contributed by atoms with Crippen LogP contribution in [0.4, 0.5) is 10.1 Å². The van der Waals surface area contributed by atoms with Gasteiger partial charge in [-0.3, -0.25) is 0 Å². The second kappa shape index (κ2) is 7.32. The summed E-state index contributed by atoms with van der Waals surface area (Å²) in [6.45, 7) is 5.19. The number of rotatable bonds is 6. The van der Waals surface area contributed by atoms with Crippen molar-refractivity contribution in [3.8, 4) is 5.75 Å². The number of halogens is 2. The minimum Gasteiger partial charge on any atom is -0.491 e. The predicted octanol–water partition coefficient (Wildman–Crippen LogP) is 5.13. The van der Waals surface area contributed by atoms with Gasteiger partial charge in [0.15, 0.2) is 0 Å². The largest absolute Gasteiger partial charge is 0.491 e. The van der Waals surface area contributed by atoms with Gasteiger partial charge in [-0.15, -0.1) is 0 Å². The van der Waals surface area contributed by atoms with Crippen LogP contribution in [0.1, 0.15) is 19.4 Å². The van der Waals surface area contributed by atoms with Crippen molar-refractivity contribution in [2.24, 2.45) is 5.92 Å². The van der Waals surface area contributed by atoms with E-state index in [2.05, 4.69) is 19.2 Å². The monoisotopic (exact) mass is 307 g/mol. The van der Waals surface area contributed by atoms with Crippen molar-refractivity contribution >= 4 is 17.3 Å². The van der Waals surface area contributed by atoms with Crippen LogP contribution in [0, 0.1) is 11.7 Å². The van der Waals surface area contributed by atoms with Gasteiger partial charge in [0.1, 0.15) is 11.6 Å². The molecule has 0 bridgehead atoms. The summed E-state index contributed by atoms with van der Waals surface area (Å²) < 4.78 is 19.5. The zero-order chi connectivity index (χ0) is 15.2. The number of para-hydroxylation sites is 2. The Hall–Kier alpha value is -1.74. The standard InChI is InChI=1S/C17H19ClFNO/c1-12(2)11-21-17-6-4-3-5-16(17)20-10-13-9-14(18)7-8-15(13)19/h3-9,12,20H,10-11H2,1-2H3. The van der Waals surface area contributed by atoms with E-state index in [0.717, 1.165) is 11.4 Å². The normalized spacial score (nSPS) is 10.7. The van der Waals surface area contributed by atoms with Crippen LogP contribution in [0.5, 0.6) is 5.75 Å². The number of anilines is 1. The molecule has 4 heteroatoms. The van der Waals surface area contributed by atoms with E-state index in [9.17, 15) is 4.39 Å². The van der Waals surface area contributed by atoms with E-state index in [1.54, 1.807) is 12.1 Å².